The molecule has 0 unspecified atom stereocenters. The summed E-state index contributed by atoms with van der Waals surface area (Å²) in [5.74, 6) is -0.204. The molecule has 0 radical (unpaired) electrons. The molecule has 1 aliphatic rings. The van der Waals surface area contributed by atoms with E-state index in [4.69, 9.17) is 5.10 Å². The van der Waals surface area contributed by atoms with Crippen molar-refractivity contribution in [1.29, 1.82) is 0 Å². The lowest BCUT2D eigenvalue weighted by Gasteiger charge is -2.51. The number of nitrogens with zero attached hydrogens (tertiary/aromatic N) is 3. The van der Waals surface area contributed by atoms with Gasteiger partial charge < -0.3 is 10.5 Å². The second kappa shape index (κ2) is 9.49. The number of carbonyl (C=O) groups excluding carboxylic acids is 1. The van der Waals surface area contributed by atoms with Crippen molar-refractivity contribution in [1.82, 2.24) is 20.2 Å². The molecule has 2 N–H and O–H groups in total. The minimum Gasteiger partial charge on any atom is -0.348 e. The third kappa shape index (κ3) is 5.02. The van der Waals surface area contributed by atoms with Crippen LogP contribution in [0.4, 0.5) is 0 Å². The number of allylic oxidation sites excluding steroid dienone is 5. The summed E-state index contributed by atoms with van der Waals surface area (Å²) in [5, 5.41) is 20.0. The summed E-state index contributed by atoms with van der Waals surface area (Å²) in [7, 11) is 0. The van der Waals surface area contributed by atoms with Crippen LogP contribution in [-0.4, -0.2) is 43.1 Å². The average Bonchev–Trinajstić information content (AvgIpc) is 3.09. The number of hydroxylamine groups is 2. The minimum absolute atomic E-state index is 0.0747. The number of carbonyl (C=O) groups is 1. The summed E-state index contributed by atoms with van der Waals surface area (Å²) in [6, 6.07) is 9.89. The highest BCUT2D eigenvalue weighted by Crippen LogP contribution is 2.37. The van der Waals surface area contributed by atoms with E-state index in [-0.39, 0.29) is 11.9 Å². The highest BCUT2D eigenvalue weighted by Gasteiger charge is 2.45. The Hall–Kier alpha value is -2.96. The van der Waals surface area contributed by atoms with Crippen LogP contribution in [0.5, 0.6) is 0 Å². The van der Waals surface area contributed by atoms with E-state index in [0.29, 0.717) is 18.5 Å². The molecule has 1 aliphatic heterocycles. The summed E-state index contributed by atoms with van der Waals surface area (Å²) >= 11 is 0. The van der Waals surface area contributed by atoms with Crippen LogP contribution in [-0.2, 0) is 0 Å². The van der Waals surface area contributed by atoms with Crippen molar-refractivity contribution < 1.29 is 10.0 Å². The summed E-state index contributed by atoms with van der Waals surface area (Å²) in [5.41, 5.74) is 3.00. The predicted molar refractivity (Wildman–Crippen MR) is 134 cm³/mol. The van der Waals surface area contributed by atoms with Crippen molar-refractivity contribution in [3.05, 3.63) is 72.5 Å². The molecule has 0 saturated carbocycles. The standard InChI is InChI=1S/C27H36N4O2/c1-8-13-22(14-9-2)30-24(20-15-11-10-12-16-20)19(3)23(29-30)25(32)28-21-17-26(4,5)31(33)27(6,7)18-21/h8-16,21,33H,1,17-18H2,2-7H3,(H,28,32)/b14-9-,22-13+. The van der Waals surface area contributed by atoms with Gasteiger partial charge in [0, 0.05) is 28.2 Å². The van der Waals surface area contributed by atoms with Crippen molar-refractivity contribution in [2.24, 2.45) is 0 Å². The Morgan fingerprint density at radius 2 is 1.79 bits per heavy atom. The molecule has 6 heteroatoms. The molecule has 1 aromatic heterocycles. The van der Waals surface area contributed by atoms with Gasteiger partial charge in [0.25, 0.3) is 5.91 Å². The highest BCUT2D eigenvalue weighted by atomic mass is 16.5. The third-order valence-corrected chi connectivity index (χ3v) is 6.23. The van der Waals surface area contributed by atoms with Gasteiger partial charge in [0.1, 0.15) is 0 Å². The van der Waals surface area contributed by atoms with Crippen LogP contribution in [0.25, 0.3) is 17.0 Å². The number of piperidine rings is 1. The van der Waals surface area contributed by atoms with Crippen LogP contribution in [0.15, 0.2) is 61.2 Å². The number of rotatable bonds is 6. The molecule has 0 bridgehead atoms. The molecule has 0 atom stereocenters. The van der Waals surface area contributed by atoms with Gasteiger partial charge in [0.05, 0.1) is 11.4 Å². The van der Waals surface area contributed by atoms with E-state index in [1.54, 1.807) is 6.08 Å². The zero-order valence-corrected chi connectivity index (χ0v) is 20.6. The van der Waals surface area contributed by atoms with Crippen LogP contribution in [0.2, 0.25) is 0 Å². The highest BCUT2D eigenvalue weighted by molar-refractivity contribution is 5.96. The largest absolute Gasteiger partial charge is 0.348 e. The topological polar surface area (TPSA) is 70.4 Å². The van der Waals surface area contributed by atoms with Crippen LogP contribution < -0.4 is 5.32 Å². The normalized spacial score (nSPS) is 19.1. The Morgan fingerprint density at radius 1 is 1.18 bits per heavy atom. The summed E-state index contributed by atoms with van der Waals surface area (Å²) in [6.07, 6.45) is 8.77. The van der Waals surface area contributed by atoms with Crippen molar-refractivity contribution in [3.8, 4) is 11.3 Å². The van der Waals surface area contributed by atoms with Gasteiger partial charge in [-0.1, -0.05) is 49.1 Å². The van der Waals surface area contributed by atoms with E-state index in [0.717, 1.165) is 22.5 Å². The molecule has 3 rings (SSSR count). The molecule has 176 valence electrons. The van der Waals surface area contributed by atoms with Crippen LogP contribution in [0.3, 0.4) is 0 Å². The minimum atomic E-state index is -0.449. The van der Waals surface area contributed by atoms with Crippen LogP contribution in [0, 0.1) is 6.92 Å². The molecule has 6 nitrogen and oxygen atoms in total. The van der Waals surface area contributed by atoms with Gasteiger partial charge in [-0.05, 0) is 66.5 Å². The first-order chi connectivity index (χ1) is 15.5. The molecule has 0 spiro atoms. The quantitative estimate of drug-likeness (QED) is 0.564. The fraction of sp³-hybridized carbons (Fsp3) is 0.407. The molecule has 0 aliphatic carbocycles. The number of benzene rings is 1. The average molecular weight is 449 g/mol. The Bertz CT molecular complexity index is 1060. The predicted octanol–water partition coefficient (Wildman–Crippen LogP) is 5.60. The molecule has 1 saturated heterocycles. The first-order valence-electron chi connectivity index (χ1n) is 11.4. The lowest BCUT2D eigenvalue weighted by Crippen LogP contribution is -2.63. The smallest absolute Gasteiger partial charge is 0.272 e. The molecule has 1 aromatic carbocycles. The first kappa shape index (κ1) is 24.7. The molecule has 2 aromatic rings. The fourth-order valence-corrected chi connectivity index (χ4v) is 4.95. The van der Waals surface area contributed by atoms with Crippen LogP contribution >= 0.6 is 0 Å². The van der Waals surface area contributed by atoms with Gasteiger partial charge in [-0.3, -0.25) is 4.79 Å². The van der Waals surface area contributed by atoms with Gasteiger partial charge in [0.2, 0.25) is 0 Å². The Morgan fingerprint density at radius 3 is 2.33 bits per heavy atom. The van der Waals surface area contributed by atoms with E-state index in [1.165, 1.54) is 5.06 Å². The van der Waals surface area contributed by atoms with Gasteiger partial charge in [0.15, 0.2) is 5.69 Å². The van der Waals surface area contributed by atoms with Crippen LogP contribution in [0.1, 0.15) is 63.5 Å². The molecule has 1 fully saturated rings. The molecular weight excluding hydrogens is 412 g/mol. The Balaban J connectivity index is 2.02. The zero-order chi connectivity index (χ0) is 24.4. The monoisotopic (exact) mass is 448 g/mol. The summed E-state index contributed by atoms with van der Waals surface area (Å²) in [6.45, 7) is 15.7. The maximum absolute atomic E-state index is 13.5. The fourth-order valence-electron chi connectivity index (χ4n) is 4.95. The number of amides is 1. The zero-order valence-electron chi connectivity index (χ0n) is 20.6. The van der Waals surface area contributed by atoms with Crippen molar-refractivity contribution in [2.45, 2.75) is 71.5 Å². The number of hydrogen-bond acceptors (Lipinski definition) is 4. The number of nitrogens with one attached hydrogen (secondary N) is 1. The Kier molecular flexibility index (Phi) is 7.10. The van der Waals surface area contributed by atoms with Crippen molar-refractivity contribution >= 4 is 11.6 Å². The number of hydrogen-bond donors (Lipinski definition) is 2. The SMILES string of the molecule is C=C/C=C(\C=C/C)n1nc(C(=O)NC2CC(C)(C)N(O)C(C)(C)C2)c(C)c1-c1ccccc1. The molecule has 1 amide bonds. The van der Waals surface area contributed by atoms with E-state index in [2.05, 4.69) is 11.9 Å². The maximum Gasteiger partial charge on any atom is 0.272 e. The molecule has 33 heavy (non-hydrogen) atoms. The van der Waals surface area contributed by atoms with Gasteiger partial charge >= 0.3 is 0 Å². The lowest BCUT2D eigenvalue weighted by molar-refractivity contribution is -0.245. The van der Waals surface area contributed by atoms with E-state index < -0.39 is 11.1 Å². The molecule has 2 heterocycles. The maximum atomic E-state index is 13.5. The molecular formula is C27H36N4O2. The van der Waals surface area contributed by atoms with Gasteiger partial charge in [-0.2, -0.15) is 10.2 Å². The first-order valence-corrected chi connectivity index (χ1v) is 11.4. The van der Waals surface area contributed by atoms with E-state index in [1.807, 2.05) is 94.8 Å². The van der Waals surface area contributed by atoms with E-state index in [9.17, 15) is 10.0 Å². The lowest BCUT2D eigenvalue weighted by atomic mass is 9.79. The van der Waals surface area contributed by atoms with Gasteiger partial charge in [-0.15, -0.1) is 0 Å². The van der Waals surface area contributed by atoms with E-state index >= 15 is 0 Å². The Labute approximate surface area is 197 Å². The van der Waals surface area contributed by atoms with Gasteiger partial charge in [-0.25, -0.2) is 4.68 Å². The third-order valence-electron chi connectivity index (χ3n) is 6.23. The van der Waals surface area contributed by atoms with Crippen molar-refractivity contribution in [3.63, 3.8) is 0 Å². The summed E-state index contributed by atoms with van der Waals surface area (Å²) in [4.78, 5) is 13.5. The summed E-state index contributed by atoms with van der Waals surface area (Å²) < 4.78 is 1.81. The van der Waals surface area contributed by atoms with Crippen molar-refractivity contribution in [2.75, 3.05) is 0 Å². The number of aromatic nitrogens is 2. The second-order valence-electron chi connectivity index (χ2n) is 9.94. The second-order valence-corrected chi connectivity index (χ2v) is 9.94.